The minimum atomic E-state index is 0.586. The first kappa shape index (κ1) is 11.6. The van der Waals surface area contributed by atoms with E-state index in [0.29, 0.717) is 5.88 Å². The Morgan fingerprint density at radius 1 is 0.938 bits per heavy atom. The van der Waals surface area contributed by atoms with Crippen molar-refractivity contribution in [2.45, 2.75) is 19.0 Å². The lowest BCUT2D eigenvalue weighted by atomic mass is 10.1. The van der Waals surface area contributed by atoms with Crippen LogP contribution in [-0.4, -0.2) is 0 Å². The molecule has 0 radical (unpaired) electrons. The van der Waals surface area contributed by atoms with Gasteiger partial charge in [0.15, 0.2) is 0 Å². The van der Waals surface area contributed by atoms with Crippen molar-refractivity contribution >= 4 is 22.9 Å². The van der Waals surface area contributed by atoms with Crippen LogP contribution in [0.15, 0.2) is 41.1 Å². The predicted octanol–water partition coefficient (Wildman–Crippen LogP) is 3.78. The summed E-state index contributed by atoms with van der Waals surface area (Å²) in [6.07, 6.45) is 0. The molecule has 0 bridgehead atoms. The number of benzene rings is 1. The maximum atomic E-state index is 5.74. The van der Waals surface area contributed by atoms with Gasteiger partial charge >= 0.3 is 0 Å². The van der Waals surface area contributed by atoms with Crippen molar-refractivity contribution in [1.82, 2.24) is 5.32 Å². The van der Waals surface area contributed by atoms with Gasteiger partial charge in [0.25, 0.3) is 0 Å². The Morgan fingerprint density at radius 2 is 1.62 bits per heavy atom. The van der Waals surface area contributed by atoms with Gasteiger partial charge in [0.1, 0.15) is 0 Å². The number of thiophene rings is 1. The molecule has 0 fully saturated rings. The number of alkyl halides is 1. The molecular weight excluding hydrogens is 238 g/mol. The van der Waals surface area contributed by atoms with Crippen LogP contribution in [0.25, 0.3) is 0 Å². The van der Waals surface area contributed by atoms with Crippen LogP contribution in [0.2, 0.25) is 0 Å². The minimum Gasteiger partial charge on any atom is -0.309 e. The highest BCUT2D eigenvalue weighted by Crippen LogP contribution is 2.08. The maximum Gasteiger partial charge on any atom is 0.0474 e. The molecule has 1 N–H and O–H groups in total. The fraction of sp³-hybridized carbons (Fsp3) is 0.231. The van der Waals surface area contributed by atoms with E-state index >= 15 is 0 Å². The summed E-state index contributed by atoms with van der Waals surface area (Å²) in [5, 5.41) is 7.69. The smallest absolute Gasteiger partial charge is 0.0474 e. The zero-order valence-electron chi connectivity index (χ0n) is 8.95. The lowest BCUT2D eigenvalue weighted by molar-refractivity contribution is 0.695. The molecule has 84 valence electrons. The SMILES string of the molecule is ClCc1ccc(CNCc2ccsc2)cc1. The summed E-state index contributed by atoms with van der Waals surface area (Å²) in [7, 11) is 0. The molecule has 16 heavy (non-hydrogen) atoms. The molecule has 0 atom stereocenters. The van der Waals surface area contributed by atoms with Crippen LogP contribution < -0.4 is 5.32 Å². The molecule has 0 spiro atoms. The molecule has 1 heterocycles. The second kappa shape index (κ2) is 6.04. The Labute approximate surface area is 105 Å². The van der Waals surface area contributed by atoms with Crippen molar-refractivity contribution < 1.29 is 0 Å². The van der Waals surface area contributed by atoms with E-state index < -0.39 is 0 Å². The first-order chi connectivity index (χ1) is 7.88. The zero-order chi connectivity index (χ0) is 11.2. The first-order valence-electron chi connectivity index (χ1n) is 5.24. The van der Waals surface area contributed by atoms with E-state index in [9.17, 15) is 0 Å². The predicted molar refractivity (Wildman–Crippen MR) is 70.9 cm³/mol. The van der Waals surface area contributed by atoms with Crippen LogP contribution in [0.5, 0.6) is 0 Å². The average Bonchev–Trinajstić information content (AvgIpc) is 2.83. The third-order valence-corrected chi connectivity index (χ3v) is 3.46. The first-order valence-corrected chi connectivity index (χ1v) is 6.72. The highest BCUT2D eigenvalue weighted by atomic mass is 35.5. The van der Waals surface area contributed by atoms with Crippen molar-refractivity contribution in [2.75, 3.05) is 0 Å². The third-order valence-electron chi connectivity index (χ3n) is 2.42. The minimum absolute atomic E-state index is 0.586. The molecule has 1 aromatic heterocycles. The van der Waals surface area contributed by atoms with Crippen LogP contribution in [0.4, 0.5) is 0 Å². The highest BCUT2D eigenvalue weighted by molar-refractivity contribution is 7.07. The molecular formula is C13H14ClNS. The van der Waals surface area contributed by atoms with Gasteiger partial charge in [-0.05, 0) is 33.5 Å². The lowest BCUT2D eigenvalue weighted by Gasteiger charge is -2.04. The summed E-state index contributed by atoms with van der Waals surface area (Å²) in [6, 6.07) is 10.5. The fourth-order valence-corrected chi connectivity index (χ4v) is 2.34. The topological polar surface area (TPSA) is 12.0 Å². The molecule has 0 saturated carbocycles. The van der Waals surface area contributed by atoms with E-state index in [1.54, 1.807) is 11.3 Å². The number of nitrogens with one attached hydrogen (secondary N) is 1. The van der Waals surface area contributed by atoms with Crippen molar-refractivity contribution in [2.24, 2.45) is 0 Å². The summed E-state index contributed by atoms with van der Waals surface area (Å²) >= 11 is 7.47. The van der Waals surface area contributed by atoms with Gasteiger partial charge in [-0.15, -0.1) is 11.6 Å². The van der Waals surface area contributed by atoms with E-state index in [1.807, 2.05) is 0 Å². The Morgan fingerprint density at radius 3 is 2.25 bits per heavy atom. The summed E-state index contributed by atoms with van der Waals surface area (Å²) in [6.45, 7) is 1.83. The van der Waals surface area contributed by atoms with E-state index in [-0.39, 0.29) is 0 Å². The number of halogens is 1. The second-order valence-electron chi connectivity index (χ2n) is 3.69. The monoisotopic (exact) mass is 251 g/mol. The highest BCUT2D eigenvalue weighted by Gasteiger charge is 1.95. The van der Waals surface area contributed by atoms with Gasteiger partial charge in [0.2, 0.25) is 0 Å². The Bertz CT molecular complexity index is 408. The molecule has 0 amide bonds. The molecule has 2 rings (SSSR count). The Kier molecular flexibility index (Phi) is 4.40. The van der Waals surface area contributed by atoms with Gasteiger partial charge in [-0.1, -0.05) is 24.3 Å². The van der Waals surface area contributed by atoms with Crippen LogP contribution >= 0.6 is 22.9 Å². The summed E-state index contributed by atoms with van der Waals surface area (Å²) in [4.78, 5) is 0. The molecule has 0 aliphatic carbocycles. The zero-order valence-corrected chi connectivity index (χ0v) is 10.5. The molecule has 3 heteroatoms. The van der Waals surface area contributed by atoms with Crippen LogP contribution in [0.1, 0.15) is 16.7 Å². The Hall–Kier alpha value is -0.830. The van der Waals surface area contributed by atoms with Crippen LogP contribution in [-0.2, 0) is 19.0 Å². The van der Waals surface area contributed by atoms with E-state index in [0.717, 1.165) is 13.1 Å². The normalized spacial score (nSPS) is 10.6. The summed E-state index contributed by atoms with van der Waals surface area (Å²) in [5.74, 6) is 0.586. The summed E-state index contributed by atoms with van der Waals surface area (Å²) < 4.78 is 0. The van der Waals surface area contributed by atoms with Gasteiger partial charge < -0.3 is 5.32 Å². The number of hydrogen-bond donors (Lipinski definition) is 1. The maximum absolute atomic E-state index is 5.74. The Balaban J connectivity index is 1.81. The standard InChI is InChI=1S/C13H14ClNS/c14-7-11-1-3-12(4-2-11)8-15-9-13-5-6-16-10-13/h1-6,10,15H,7-9H2. The molecule has 1 nitrogen and oxygen atoms in total. The summed E-state index contributed by atoms with van der Waals surface area (Å²) in [5.41, 5.74) is 3.81. The average molecular weight is 252 g/mol. The molecule has 1 aromatic carbocycles. The molecule has 2 aromatic rings. The van der Waals surface area contributed by atoms with Crippen molar-refractivity contribution in [3.63, 3.8) is 0 Å². The molecule has 0 saturated heterocycles. The largest absolute Gasteiger partial charge is 0.309 e. The van der Waals surface area contributed by atoms with Gasteiger partial charge in [-0.2, -0.15) is 11.3 Å². The van der Waals surface area contributed by atoms with Gasteiger partial charge in [0.05, 0.1) is 0 Å². The number of rotatable bonds is 5. The molecule has 0 aliphatic rings. The number of hydrogen-bond acceptors (Lipinski definition) is 2. The third kappa shape index (κ3) is 3.34. The van der Waals surface area contributed by atoms with E-state index in [2.05, 4.69) is 46.4 Å². The van der Waals surface area contributed by atoms with Crippen LogP contribution in [0, 0.1) is 0 Å². The second-order valence-corrected chi connectivity index (χ2v) is 4.73. The van der Waals surface area contributed by atoms with Gasteiger partial charge in [-0.3, -0.25) is 0 Å². The van der Waals surface area contributed by atoms with Crippen molar-refractivity contribution in [3.8, 4) is 0 Å². The fourth-order valence-electron chi connectivity index (χ4n) is 1.49. The van der Waals surface area contributed by atoms with Gasteiger partial charge in [0, 0.05) is 19.0 Å². The van der Waals surface area contributed by atoms with Gasteiger partial charge in [-0.25, -0.2) is 0 Å². The van der Waals surface area contributed by atoms with E-state index in [1.165, 1.54) is 16.7 Å². The van der Waals surface area contributed by atoms with Crippen molar-refractivity contribution in [1.29, 1.82) is 0 Å². The van der Waals surface area contributed by atoms with Crippen molar-refractivity contribution in [3.05, 3.63) is 57.8 Å². The molecule has 0 unspecified atom stereocenters. The van der Waals surface area contributed by atoms with E-state index in [4.69, 9.17) is 11.6 Å². The lowest BCUT2D eigenvalue weighted by Crippen LogP contribution is -2.11. The van der Waals surface area contributed by atoms with Crippen LogP contribution in [0.3, 0.4) is 0 Å². The quantitative estimate of drug-likeness (QED) is 0.798. The molecule has 0 aliphatic heterocycles.